The molecule has 0 aliphatic rings. The van der Waals surface area contributed by atoms with E-state index in [9.17, 15) is 18.8 Å². The molecular formula is C24H19F2N5O. The van der Waals surface area contributed by atoms with Gasteiger partial charge in [-0.05, 0) is 49.2 Å². The Bertz CT molecular complexity index is 1350. The van der Waals surface area contributed by atoms with Crippen LogP contribution in [0.3, 0.4) is 0 Å². The molecule has 0 spiro atoms. The second kappa shape index (κ2) is 8.19. The number of hydrogen-bond donors (Lipinski definition) is 2. The predicted octanol–water partition coefficient (Wildman–Crippen LogP) is 4.89. The van der Waals surface area contributed by atoms with E-state index in [0.29, 0.717) is 33.5 Å². The Balaban J connectivity index is 1.47. The summed E-state index contributed by atoms with van der Waals surface area (Å²) in [6.45, 7) is 3.51. The van der Waals surface area contributed by atoms with E-state index >= 15 is 0 Å². The molecule has 8 heteroatoms. The lowest BCUT2D eigenvalue weighted by atomic mass is 9.91. The zero-order chi connectivity index (χ0) is 22.9. The normalized spacial score (nSPS) is 11.3. The molecule has 4 rings (SSSR count). The van der Waals surface area contributed by atoms with Crippen molar-refractivity contribution < 1.29 is 13.6 Å². The van der Waals surface area contributed by atoms with Gasteiger partial charge in [0.05, 0.1) is 40.9 Å². The molecule has 4 aromatic rings. The highest BCUT2D eigenvalue weighted by atomic mass is 19.1. The third-order valence-corrected chi connectivity index (χ3v) is 5.19. The summed E-state index contributed by atoms with van der Waals surface area (Å²) in [6.07, 6.45) is 4.05. The minimum absolute atomic E-state index is 0.165. The number of amides is 1. The van der Waals surface area contributed by atoms with Crippen LogP contribution in [-0.2, 0) is 16.6 Å². The first-order valence-corrected chi connectivity index (χ1v) is 9.86. The highest BCUT2D eigenvalue weighted by Crippen LogP contribution is 2.26. The maximum absolute atomic E-state index is 14.7. The largest absolute Gasteiger partial charge is 0.343 e. The van der Waals surface area contributed by atoms with Gasteiger partial charge in [-0.25, -0.2) is 13.8 Å². The van der Waals surface area contributed by atoms with Crippen LogP contribution in [0, 0.1) is 23.0 Å². The molecular weight excluding hydrogens is 412 g/mol. The maximum Gasteiger partial charge on any atom is 0.228 e. The molecule has 1 aromatic carbocycles. The Morgan fingerprint density at radius 2 is 1.91 bits per heavy atom. The van der Waals surface area contributed by atoms with Crippen LogP contribution in [0.1, 0.15) is 25.1 Å². The molecule has 160 valence electrons. The van der Waals surface area contributed by atoms with Gasteiger partial charge in [-0.15, -0.1) is 0 Å². The number of benzene rings is 1. The van der Waals surface area contributed by atoms with Crippen molar-refractivity contribution >= 4 is 22.6 Å². The lowest BCUT2D eigenvalue weighted by molar-refractivity contribution is -0.115. The Morgan fingerprint density at radius 3 is 2.59 bits per heavy atom. The molecule has 0 saturated carbocycles. The molecule has 3 aromatic heterocycles. The van der Waals surface area contributed by atoms with Crippen LogP contribution in [0.15, 0.2) is 55.0 Å². The number of H-pyrrole nitrogens is 1. The van der Waals surface area contributed by atoms with Gasteiger partial charge in [0.2, 0.25) is 5.91 Å². The molecule has 0 saturated heterocycles. The Kier molecular flexibility index (Phi) is 5.41. The van der Waals surface area contributed by atoms with Crippen LogP contribution in [0.25, 0.3) is 22.2 Å². The van der Waals surface area contributed by atoms with Crippen molar-refractivity contribution in [1.29, 1.82) is 5.26 Å². The molecule has 0 unspecified atom stereocenters. The second-order valence-corrected chi connectivity index (χ2v) is 7.96. The molecule has 0 bridgehead atoms. The molecule has 0 aliphatic heterocycles. The maximum atomic E-state index is 14.7. The summed E-state index contributed by atoms with van der Waals surface area (Å²) in [5.41, 5.74) is 2.05. The summed E-state index contributed by atoms with van der Waals surface area (Å²) in [5.74, 6) is -1.37. The van der Waals surface area contributed by atoms with Crippen LogP contribution in [-0.4, -0.2) is 20.9 Å². The number of aromatic amines is 1. The van der Waals surface area contributed by atoms with Crippen LogP contribution in [0.5, 0.6) is 0 Å². The molecule has 6 nitrogen and oxygen atoms in total. The Morgan fingerprint density at radius 1 is 1.09 bits per heavy atom. The van der Waals surface area contributed by atoms with E-state index in [-0.39, 0.29) is 12.0 Å². The zero-order valence-corrected chi connectivity index (χ0v) is 17.4. The van der Waals surface area contributed by atoms with Crippen molar-refractivity contribution in [2.75, 3.05) is 5.32 Å². The molecule has 0 radical (unpaired) electrons. The first-order chi connectivity index (χ1) is 15.3. The van der Waals surface area contributed by atoms with Crippen molar-refractivity contribution in [1.82, 2.24) is 15.0 Å². The van der Waals surface area contributed by atoms with E-state index in [1.165, 1.54) is 30.7 Å². The lowest BCUT2D eigenvalue weighted by Gasteiger charge is -2.14. The first kappa shape index (κ1) is 21.1. The standard InChI is InChI=1S/C24H19F2N5O/c1-24(2,13-27)21-6-5-17(11-28-21)31-22(32)9-15-4-3-14(8-19(15)25)16-7-18-20(26)12-30-23(18)29-10-16/h3-8,10-12H,9H2,1-2H3,(H,29,30)(H,31,32). The van der Waals surface area contributed by atoms with Crippen LogP contribution < -0.4 is 5.32 Å². The highest BCUT2D eigenvalue weighted by molar-refractivity contribution is 5.92. The minimum atomic E-state index is -0.736. The zero-order valence-electron chi connectivity index (χ0n) is 17.4. The third-order valence-electron chi connectivity index (χ3n) is 5.19. The minimum Gasteiger partial charge on any atom is -0.343 e. The number of nitriles is 1. The van der Waals surface area contributed by atoms with Crippen molar-refractivity contribution in [3.05, 3.63) is 77.9 Å². The fourth-order valence-electron chi connectivity index (χ4n) is 3.27. The quantitative estimate of drug-likeness (QED) is 0.471. The van der Waals surface area contributed by atoms with Gasteiger partial charge < -0.3 is 10.3 Å². The molecule has 2 N–H and O–H groups in total. The molecule has 0 fully saturated rings. The van der Waals surface area contributed by atoms with Gasteiger partial charge in [-0.2, -0.15) is 5.26 Å². The van der Waals surface area contributed by atoms with E-state index in [0.717, 1.165) is 0 Å². The first-order valence-electron chi connectivity index (χ1n) is 9.86. The van der Waals surface area contributed by atoms with E-state index in [2.05, 4.69) is 26.3 Å². The Hall–Kier alpha value is -4.12. The van der Waals surface area contributed by atoms with Gasteiger partial charge in [0.15, 0.2) is 0 Å². The molecule has 32 heavy (non-hydrogen) atoms. The molecule has 1 amide bonds. The fraction of sp³-hybridized carbons (Fsp3) is 0.167. The van der Waals surface area contributed by atoms with E-state index in [1.807, 2.05) is 0 Å². The number of nitrogens with zero attached hydrogens (tertiary/aromatic N) is 3. The van der Waals surface area contributed by atoms with E-state index in [1.54, 1.807) is 38.1 Å². The monoisotopic (exact) mass is 431 g/mol. The van der Waals surface area contributed by atoms with Gasteiger partial charge >= 0.3 is 0 Å². The third kappa shape index (κ3) is 4.18. The van der Waals surface area contributed by atoms with Crippen LogP contribution in [0.4, 0.5) is 14.5 Å². The van der Waals surface area contributed by atoms with Gasteiger partial charge in [-0.1, -0.05) is 12.1 Å². The average molecular weight is 431 g/mol. The SMILES string of the molecule is CC(C)(C#N)c1ccc(NC(=O)Cc2ccc(-c3cnc4[nH]cc(F)c4c3)cc2F)cn1. The number of anilines is 1. The van der Waals surface area contributed by atoms with Crippen LogP contribution >= 0.6 is 0 Å². The van der Waals surface area contributed by atoms with Gasteiger partial charge in [0, 0.05) is 18.0 Å². The number of aromatic nitrogens is 3. The number of carbonyl (C=O) groups is 1. The summed E-state index contributed by atoms with van der Waals surface area (Å²) in [5, 5.41) is 12.2. The number of pyridine rings is 2. The topological polar surface area (TPSA) is 94.5 Å². The van der Waals surface area contributed by atoms with Gasteiger partial charge in [0.1, 0.15) is 17.3 Å². The molecule has 3 heterocycles. The van der Waals surface area contributed by atoms with Gasteiger partial charge in [-0.3, -0.25) is 9.78 Å². The number of carbonyl (C=O) groups excluding carboxylic acids is 1. The van der Waals surface area contributed by atoms with Gasteiger partial charge in [0.25, 0.3) is 0 Å². The second-order valence-electron chi connectivity index (χ2n) is 7.96. The number of fused-ring (bicyclic) bond motifs is 1. The smallest absolute Gasteiger partial charge is 0.228 e. The number of rotatable bonds is 5. The predicted molar refractivity (Wildman–Crippen MR) is 117 cm³/mol. The summed E-state index contributed by atoms with van der Waals surface area (Å²) in [7, 11) is 0. The number of nitrogens with one attached hydrogen (secondary N) is 2. The molecule has 0 atom stereocenters. The molecule has 0 aliphatic carbocycles. The summed E-state index contributed by atoms with van der Waals surface area (Å²) >= 11 is 0. The van der Waals surface area contributed by atoms with Crippen LogP contribution in [0.2, 0.25) is 0 Å². The number of halogens is 2. The average Bonchev–Trinajstić information content (AvgIpc) is 3.15. The van der Waals surface area contributed by atoms with Crippen molar-refractivity contribution in [2.24, 2.45) is 0 Å². The Labute approximate surface area is 183 Å². The summed E-state index contributed by atoms with van der Waals surface area (Å²) in [4.78, 5) is 23.5. The van der Waals surface area contributed by atoms with Crippen molar-refractivity contribution in [2.45, 2.75) is 25.7 Å². The lowest BCUT2D eigenvalue weighted by Crippen LogP contribution is -2.18. The van der Waals surface area contributed by atoms with E-state index in [4.69, 9.17) is 0 Å². The van der Waals surface area contributed by atoms with Crippen molar-refractivity contribution in [3.8, 4) is 17.2 Å². The summed E-state index contributed by atoms with van der Waals surface area (Å²) in [6, 6.07) is 11.6. The fourth-order valence-corrected chi connectivity index (χ4v) is 3.27. The summed E-state index contributed by atoms with van der Waals surface area (Å²) < 4.78 is 28.5. The highest BCUT2D eigenvalue weighted by Gasteiger charge is 2.21. The van der Waals surface area contributed by atoms with E-state index < -0.39 is 23.0 Å². The number of hydrogen-bond acceptors (Lipinski definition) is 4. The van der Waals surface area contributed by atoms with Crippen molar-refractivity contribution in [3.63, 3.8) is 0 Å².